The van der Waals surface area contributed by atoms with Gasteiger partial charge in [0, 0.05) is 30.6 Å². The number of ether oxygens (including phenoxy) is 1. The third-order valence-corrected chi connectivity index (χ3v) is 5.51. The molecule has 8 nitrogen and oxygen atoms in total. The van der Waals surface area contributed by atoms with E-state index in [9.17, 15) is 14.4 Å². The quantitative estimate of drug-likeness (QED) is 0.699. The lowest BCUT2D eigenvalue weighted by Gasteiger charge is -2.23. The number of aromatic nitrogens is 2. The number of thiophene rings is 1. The minimum Gasteiger partial charge on any atom is -0.380 e. The predicted molar refractivity (Wildman–Crippen MR) is 101 cm³/mol. The van der Waals surface area contributed by atoms with Crippen LogP contribution in [-0.2, 0) is 4.74 Å². The first-order chi connectivity index (χ1) is 13.1. The minimum absolute atomic E-state index is 0.0822. The third kappa shape index (κ3) is 4.61. The molecule has 0 saturated carbocycles. The van der Waals surface area contributed by atoms with Gasteiger partial charge in [0.2, 0.25) is 0 Å². The van der Waals surface area contributed by atoms with Crippen LogP contribution >= 0.6 is 11.3 Å². The lowest BCUT2D eigenvalue weighted by atomic mass is 10.2. The molecule has 0 aromatic carbocycles. The van der Waals surface area contributed by atoms with Gasteiger partial charge < -0.3 is 15.0 Å². The Balaban J connectivity index is 1.67. The van der Waals surface area contributed by atoms with Crippen molar-refractivity contribution in [1.29, 1.82) is 0 Å². The van der Waals surface area contributed by atoms with Crippen LogP contribution in [0.4, 0.5) is 0 Å². The van der Waals surface area contributed by atoms with Crippen molar-refractivity contribution in [3.8, 4) is 0 Å². The maximum absolute atomic E-state index is 12.7. The van der Waals surface area contributed by atoms with E-state index in [4.69, 9.17) is 4.74 Å². The van der Waals surface area contributed by atoms with Crippen molar-refractivity contribution in [3.05, 3.63) is 50.1 Å². The van der Waals surface area contributed by atoms with Crippen LogP contribution in [-0.4, -0.2) is 53.2 Å². The Bertz CT molecular complexity index is 843. The Hall–Kier alpha value is -2.52. The van der Waals surface area contributed by atoms with Gasteiger partial charge >= 0.3 is 0 Å². The van der Waals surface area contributed by atoms with Gasteiger partial charge in [0.05, 0.1) is 17.5 Å². The van der Waals surface area contributed by atoms with E-state index < -0.39 is 0 Å². The van der Waals surface area contributed by atoms with Gasteiger partial charge in [-0.2, -0.15) is 5.10 Å². The Labute approximate surface area is 160 Å². The number of rotatable bonds is 7. The number of hydrogen-bond acceptors (Lipinski definition) is 6. The number of amides is 2. The molecule has 2 N–H and O–H groups in total. The average molecular weight is 390 g/mol. The van der Waals surface area contributed by atoms with E-state index in [-0.39, 0.29) is 29.1 Å². The van der Waals surface area contributed by atoms with Crippen LogP contribution in [0, 0.1) is 0 Å². The summed E-state index contributed by atoms with van der Waals surface area (Å²) in [6.07, 6.45) is 1.72. The summed E-state index contributed by atoms with van der Waals surface area (Å²) >= 11 is 1.40. The van der Waals surface area contributed by atoms with Crippen LogP contribution in [0.5, 0.6) is 0 Å². The summed E-state index contributed by atoms with van der Waals surface area (Å²) in [6.45, 7) is 4.10. The monoisotopic (exact) mass is 390 g/mol. The zero-order valence-electron chi connectivity index (χ0n) is 15.1. The molecule has 1 aliphatic rings. The highest BCUT2D eigenvalue weighted by molar-refractivity contribution is 7.14. The molecule has 3 rings (SSSR count). The van der Waals surface area contributed by atoms with Gasteiger partial charge in [0.15, 0.2) is 0 Å². The normalized spacial score (nSPS) is 16.5. The first kappa shape index (κ1) is 19.2. The molecule has 144 valence electrons. The van der Waals surface area contributed by atoms with Crippen LogP contribution in [0.15, 0.2) is 29.1 Å². The summed E-state index contributed by atoms with van der Waals surface area (Å²) in [5.41, 5.74) is -0.130. The third-order valence-electron chi connectivity index (χ3n) is 4.33. The highest BCUT2D eigenvalue weighted by Gasteiger charge is 2.32. The van der Waals surface area contributed by atoms with Gasteiger partial charge in [-0.3, -0.25) is 14.4 Å². The minimum atomic E-state index is -0.345. The Morgan fingerprint density at radius 1 is 1.37 bits per heavy atom. The molecule has 1 aliphatic heterocycles. The molecule has 2 aromatic heterocycles. The highest BCUT2D eigenvalue weighted by atomic mass is 32.1. The Morgan fingerprint density at radius 3 is 2.96 bits per heavy atom. The van der Waals surface area contributed by atoms with Crippen molar-refractivity contribution in [3.63, 3.8) is 0 Å². The van der Waals surface area contributed by atoms with E-state index in [0.717, 1.165) is 17.7 Å². The number of nitrogens with zero attached hydrogens (tertiary/aromatic N) is 2. The molecule has 0 aliphatic carbocycles. The predicted octanol–water partition coefficient (Wildman–Crippen LogP) is 1.57. The van der Waals surface area contributed by atoms with Crippen molar-refractivity contribution >= 4 is 23.2 Å². The molecule has 1 atom stereocenters. The van der Waals surface area contributed by atoms with Crippen molar-refractivity contribution < 1.29 is 14.3 Å². The van der Waals surface area contributed by atoms with Crippen LogP contribution in [0.3, 0.4) is 0 Å². The molecule has 0 unspecified atom stereocenters. The molecule has 0 spiro atoms. The second-order valence-electron chi connectivity index (χ2n) is 6.12. The second-order valence-corrected chi connectivity index (χ2v) is 7.23. The lowest BCUT2D eigenvalue weighted by Crippen LogP contribution is -2.31. The summed E-state index contributed by atoms with van der Waals surface area (Å²) < 4.78 is 5.21. The number of likely N-dealkylation sites (tertiary alicyclic amines) is 1. The fourth-order valence-electron chi connectivity index (χ4n) is 3.04. The maximum Gasteiger partial charge on any atom is 0.274 e. The summed E-state index contributed by atoms with van der Waals surface area (Å²) in [4.78, 5) is 39.4. The summed E-state index contributed by atoms with van der Waals surface area (Å²) in [5.74, 6) is -0.353. The van der Waals surface area contributed by atoms with E-state index in [0.29, 0.717) is 31.2 Å². The van der Waals surface area contributed by atoms with Gasteiger partial charge in [-0.25, -0.2) is 5.10 Å². The van der Waals surface area contributed by atoms with E-state index in [2.05, 4.69) is 15.5 Å². The lowest BCUT2D eigenvalue weighted by molar-refractivity contribution is 0.0730. The summed E-state index contributed by atoms with van der Waals surface area (Å²) in [7, 11) is 0. The van der Waals surface area contributed by atoms with E-state index in [1.54, 1.807) is 11.0 Å². The SMILES string of the molecule is CCOCCNC(=O)c1ccc([C@@H]2CCCN2C(=O)c2ccc(=O)[nH]n2)s1. The molecular weight excluding hydrogens is 368 g/mol. The zero-order chi connectivity index (χ0) is 19.2. The van der Waals surface area contributed by atoms with Crippen molar-refractivity contribution in [2.45, 2.75) is 25.8 Å². The van der Waals surface area contributed by atoms with E-state index in [1.807, 2.05) is 13.0 Å². The second kappa shape index (κ2) is 8.92. The Morgan fingerprint density at radius 2 is 2.22 bits per heavy atom. The molecular formula is C18H22N4O4S. The molecule has 2 aromatic rings. The number of carbonyl (C=O) groups is 2. The summed E-state index contributed by atoms with van der Waals surface area (Å²) in [6, 6.07) is 6.33. The van der Waals surface area contributed by atoms with Crippen molar-refractivity contribution in [2.75, 3.05) is 26.3 Å². The van der Waals surface area contributed by atoms with Crippen LogP contribution in [0.25, 0.3) is 0 Å². The molecule has 0 radical (unpaired) electrons. The molecule has 0 bridgehead atoms. The molecule has 27 heavy (non-hydrogen) atoms. The van der Waals surface area contributed by atoms with Gasteiger partial charge in [-0.05, 0) is 38.0 Å². The smallest absolute Gasteiger partial charge is 0.274 e. The number of nitrogens with one attached hydrogen (secondary N) is 2. The zero-order valence-corrected chi connectivity index (χ0v) is 15.9. The standard InChI is InChI=1S/C18H22N4O4S/c1-2-26-11-9-19-17(24)15-7-6-14(27-15)13-4-3-10-22(13)18(25)12-5-8-16(23)21-20-12/h5-8,13H,2-4,9-11H2,1H3,(H,19,24)(H,21,23)/t13-/m0/s1. The van der Waals surface area contributed by atoms with E-state index >= 15 is 0 Å². The molecule has 1 fully saturated rings. The molecule has 3 heterocycles. The van der Waals surface area contributed by atoms with Gasteiger partial charge in [-0.1, -0.05) is 0 Å². The Kier molecular flexibility index (Phi) is 6.36. The fourth-order valence-corrected chi connectivity index (χ4v) is 4.11. The topological polar surface area (TPSA) is 104 Å². The highest BCUT2D eigenvalue weighted by Crippen LogP contribution is 2.36. The van der Waals surface area contributed by atoms with Crippen molar-refractivity contribution in [2.24, 2.45) is 0 Å². The van der Waals surface area contributed by atoms with Crippen LogP contribution < -0.4 is 10.9 Å². The largest absolute Gasteiger partial charge is 0.380 e. The van der Waals surface area contributed by atoms with Gasteiger partial charge in [0.1, 0.15) is 5.69 Å². The first-order valence-corrected chi connectivity index (χ1v) is 9.74. The van der Waals surface area contributed by atoms with Crippen LogP contribution in [0.2, 0.25) is 0 Å². The van der Waals surface area contributed by atoms with Crippen LogP contribution in [0.1, 0.15) is 50.8 Å². The summed E-state index contributed by atoms with van der Waals surface area (Å²) in [5, 5.41) is 8.95. The van der Waals surface area contributed by atoms with Gasteiger partial charge in [-0.15, -0.1) is 11.3 Å². The van der Waals surface area contributed by atoms with E-state index in [1.165, 1.54) is 23.5 Å². The maximum atomic E-state index is 12.7. The number of aromatic amines is 1. The first-order valence-electron chi connectivity index (χ1n) is 8.92. The number of H-pyrrole nitrogens is 1. The molecule has 9 heteroatoms. The number of hydrogen-bond donors (Lipinski definition) is 2. The van der Waals surface area contributed by atoms with Crippen molar-refractivity contribution in [1.82, 2.24) is 20.4 Å². The fraction of sp³-hybridized carbons (Fsp3) is 0.444. The van der Waals surface area contributed by atoms with Gasteiger partial charge in [0.25, 0.3) is 17.4 Å². The molecule has 2 amide bonds. The average Bonchev–Trinajstić information content (AvgIpc) is 3.34. The molecule has 1 saturated heterocycles. The number of carbonyl (C=O) groups excluding carboxylic acids is 2.